The Kier molecular flexibility index (Phi) is 7.04. The number of hydrogen-bond acceptors (Lipinski definition) is 6. The van der Waals surface area contributed by atoms with Gasteiger partial charge in [-0.05, 0) is 32.0 Å². The topological polar surface area (TPSA) is 90.9 Å². The van der Waals surface area contributed by atoms with Crippen molar-refractivity contribution in [3.05, 3.63) is 29.3 Å². The lowest BCUT2D eigenvalue weighted by Gasteiger charge is -2.10. The second kappa shape index (κ2) is 8.78. The van der Waals surface area contributed by atoms with Crippen molar-refractivity contribution >= 4 is 23.5 Å². The van der Waals surface area contributed by atoms with Crippen molar-refractivity contribution in [2.24, 2.45) is 0 Å². The number of amides is 1. The van der Waals surface area contributed by atoms with Crippen LogP contribution in [0.5, 0.6) is 0 Å². The molecule has 1 amide bonds. The molecule has 7 heteroatoms. The van der Waals surface area contributed by atoms with Crippen molar-refractivity contribution in [2.45, 2.75) is 13.8 Å². The molecule has 1 rings (SSSR count). The molecule has 0 saturated carbocycles. The highest BCUT2D eigenvalue weighted by molar-refractivity contribution is 5.99. The molecule has 0 bridgehead atoms. The minimum atomic E-state index is -0.587. The molecule has 0 aliphatic rings. The van der Waals surface area contributed by atoms with Gasteiger partial charge in [0.1, 0.15) is 6.61 Å². The molecular weight excluding hydrogens is 290 g/mol. The van der Waals surface area contributed by atoms with E-state index < -0.39 is 17.8 Å². The van der Waals surface area contributed by atoms with Gasteiger partial charge < -0.3 is 19.5 Å². The quantitative estimate of drug-likeness (QED) is 0.770. The third-order valence-corrected chi connectivity index (χ3v) is 2.51. The van der Waals surface area contributed by atoms with E-state index in [0.717, 1.165) is 0 Å². The number of nitrogens with one attached hydrogen (secondary N) is 1. The first kappa shape index (κ1) is 17.6. The Bertz CT molecular complexity index is 519. The average Bonchev–Trinajstić information content (AvgIpc) is 2.47. The van der Waals surface area contributed by atoms with E-state index in [2.05, 4.69) is 5.32 Å². The monoisotopic (exact) mass is 309 g/mol. The van der Waals surface area contributed by atoms with Crippen molar-refractivity contribution < 1.29 is 28.6 Å². The number of hydrogen-bond donors (Lipinski definition) is 1. The highest BCUT2D eigenvalue weighted by atomic mass is 16.5. The maximum absolute atomic E-state index is 11.8. The maximum atomic E-state index is 11.8. The Balaban J connectivity index is 3.11. The number of carbonyl (C=O) groups excluding carboxylic acids is 3. The lowest BCUT2D eigenvalue weighted by atomic mass is 10.1. The molecule has 0 unspecified atom stereocenters. The van der Waals surface area contributed by atoms with Gasteiger partial charge in [-0.15, -0.1) is 0 Å². The summed E-state index contributed by atoms with van der Waals surface area (Å²) >= 11 is 0. The van der Waals surface area contributed by atoms with Gasteiger partial charge in [0.05, 0.1) is 24.3 Å². The zero-order valence-electron chi connectivity index (χ0n) is 12.8. The molecule has 0 aliphatic heterocycles. The standard InChI is InChI=1S/C15H19NO6/c1-4-21-14(18)10-6-11(15(19)22-5-2)8-12(7-10)16-13(17)9-20-3/h6-8H,4-5,9H2,1-3H3,(H,16,17). The van der Waals surface area contributed by atoms with Crippen LogP contribution in [-0.2, 0) is 19.0 Å². The highest BCUT2D eigenvalue weighted by Crippen LogP contribution is 2.17. The molecular formula is C15H19NO6. The summed E-state index contributed by atoms with van der Waals surface area (Å²) < 4.78 is 14.5. The van der Waals surface area contributed by atoms with E-state index in [-0.39, 0.29) is 36.6 Å². The van der Waals surface area contributed by atoms with E-state index in [4.69, 9.17) is 14.2 Å². The van der Waals surface area contributed by atoms with Crippen LogP contribution >= 0.6 is 0 Å². The fraction of sp³-hybridized carbons (Fsp3) is 0.400. The van der Waals surface area contributed by atoms with Gasteiger partial charge in [0, 0.05) is 12.8 Å². The van der Waals surface area contributed by atoms with Gasteiger partial charge in [-0.25, -0.2) is 9.59 Å². The molecule has 0 saturated heterocycles. The van der Waals surface area contributed by atoms with E-state index >= 15 is 0 Å². The van der Waals surface area contributed by atoms with Crippen LogP contribution in [0.4, 0.5) is 5.69 Å². The Morgan fingerprint density at radius 2 is 1.45 bits per heavy atom. The second-order valence-corrected chi connectivity index (χ2v) is 4.22. The van der Waals surface area contributed by atoms with E-state index in [9.17, 15) is 14.4 Å². The third-order valence-electron chi connectivity index (χ3n) is 2.51. The molecule has 0 heterocycles. The van der Waals surface area contributed by atoms with Gasteiger partial charge in [0.25, 0.3) is 0 Å². The Morgan fingerprint density at radius 3 is 1.86 bits per heavy atom. The Morgan fingerprint density at radius 1 is 0.955 bits per heavy atom. The molecule has 0 fully saturated rings. The molecule has 1 aromatic carbocycles. The number of rotatable bonds is 7. The first-order valence-corrected chi connectivity index (χ1v) is 6.79. The number of benzene rings is 1. The zero-order valence-corrected chi connectivity index (χ0v) is 12.8. The summed E-state index contributed by atoms with van der Waals surface area (Å²) in [4.78, 5) is 35.2. The van der Waals surface area contributed by atoms with Gasteiger partial charge in [0.2, 0.25) is 5.91 Å². The van der Waals surface area contributed by atoms with Crippen LogP contribution in [0.1, 0.15) is 34.6 Å². The van der Waals surface area contributed by atoms with Crippen LogP contribution in [0, 0.1) is 0 Å². The van der Waals surface area contributed by atoms with Crippen LogP contribution in [-0.4, -0.2) is 44.8 Å². The van der Waals surface area contributed by atoms with Crippen molar-refractivity contribution in [3.63, 3.8) is 0 Å². The summed E-state index contributed by atoms with van der Waals surface area (Å²) in [5, 5.41) is 2.54. The number of anilines is 1. The minimum Gasteiger partial charge on any atom is -0.462 e. The summed E-state index contributed by atoms with van der Waals surface area (Å²) in [6.07, 6.45) is 0. The summed E-state index contributed by atoms with van der Waals surface area (Å²) in [5.41, 5.74) is 0.593. The summed E-state index contributed by atoms with van der Waals surface area (Å²) in [5.74, 6) is -1.58. The Hall–Kier alpha value is -2.41. The fourth-order valence-corrected chi connectivity index (χ4v) is 1.69. The first-order chi connectivity index (χ1) is 10.5. The highest BCUT2D eigenvalue weighted by Gasteiger charge is 2.15. The molecule has 0 aliphatic carbocycles. The van der Waals surface area contributed by atoms with Crippen LogP contribution in [0.3, 0.4) is 0 Å². The van der Waals surface area contributed by atoms with E-state index in [1.807, 2.05) is 0 Å². The minimum absolute atomic E-state index is 0.141. The van der Waals surface area contributed by atoms with Crippen LogP contribution in [0.15, 0.2) is 18.2 Å². The number of ether oxygens (including phenoxy) is 3. The van der Waals surface area contributed by atoms with Gasteiger partial charge in [-0.1, -0.05) is 0 Å². The summed E-state index contributed by atoms with van der Waals surface area (Å²) in [6.45, 7) is 3.61. The van der Waals surface area contributed by atoms with Gasteiger partial charge in [0.15, 0.2) is 0 Å². The van der Waals surface area contributed by atoms with Crippen molar-refractivity contribution in [2.75, 3.05) is 32.2 Å². The van der Waals surface area contributed by atoms with Gasteiger partial charge in [-0.3, -0.25) is 4.79 Å². The van der Waals surface area contributed by atoms with Crippen LogP contribution < -0.4 is 5.32 Å². The normalized spacial score (nSPS) is 9.95. The molecule has 120 valence electrons. The van der Waals surface area contributed by atoms with Crippen molar-refractivity contribution in [3.8, 4) is 0 Å². The van der Waals surface area contributed by atoms with E-state index in [0.29, 0.717) is 0 Å². The molecule has 1 N–H and O–H groups in total. The second-order valence-electron chi connectivity index (χ2n) is 4.22. The number of methoxy groups -OCH3 is 1. The van der Waals surface area contributed by atoms with E-state index in [1.54, 1.807) is 13.8 Å². The molecule has 0 atom stereocenters. The average molecular weight is 309 g/mol. The number of carbonyl (C=O) groups is 3. The molecule has 22 heavy (non-hydrogen) atoms. The van der Waals surface area contributed by atoms with Crippen LogP contribution in [0.2, 0.25) is 0 Å². The first-order valence-electron chi connectivity index (χ1n) is 6.79. The largest absolute Gasteiger partial charge is 0.462 e. The third kappa shape index (κ3) is 5.17. The molecule has 0 spiro atoms. The molecule has 0 aromatic heterocycles. The van der Waals surface area contributed by atoms with Gasteiger partial charge in [-0.2, -0.15) is 0 Å². The molecule has 0 radical (unpaired) electrons. The fourth-order valence-electron chi connectivity index (χ4n) is 1.69. The van der Waals surface area contributed by atoms with Crippen LogP contribution in [0.25, 0.3) is 0 Å². The maximum Gasteiger partial charge on any atom is 0.338 e. The number of esters is 2. The predicted molar refractivity (Wildman–Crippen MR) is 78.9 cm³/mol. The SMILES string of the molecule is CCOC(=O)c1cc(NC(=O)COC)cc(C(=O)OCC)c1. The van der Waals surface area contributed by atoms with E-state index in [1.165, 1.54) is 25.3 Å². The Labute approximate surface area is 128 Å². The predicted octanol–water partition coefficient (Wildman–Crippen LogP) is 1.62. The molecule has 7 nitrogen and oxygen atoms in total. The summed E-state index contributed by atoms with van der Waals surface area (Å²) in [7, 11) is 1.39. The lowest BCUT2D eigenvalue weighted by molar-refractivity contribution is -0.119. The van der Waals surface area contributed by atoms with Crippen molar-refractivity contribution in [1.29, 1.82) is 0 Å². The zero-order chi connectivity index (χ0) is 16.5. The summed E-state index contributed by atoms with van der Waals surface area (Å²) in [6, 6.07) is 4.21. The molecule has 1 aromatic rings. The van der Waals surface area contributed by atoms with Gasteiger partial charge >= 0.3 is 11.9 Å². The lowest BCUT2D eigenvalue weighted by Crippen LogP contribution is -2.18. The smallest absolute Gasteiger partial charge is 0.338 e. The van der Waals surface area contributed by atoms with Crippen molar-refractivity contribution in [1.82, 2.24) is 0 Å².